The van der Waals surface area contributed by atoms with Gasteiger partial charge in [0.2, 0.25) is 0 Å². The molecule has 112 valence electrons. The van der Waals surface area contributed by atoms with Crippen LogP contribution in [0.15, 0.2) is 22.7 Å². The van der Waals surface area contributed by atoms with Crippen molar-refractivity contribution < 1.29 is 0 Å². The summed E-state index contributed by atoms with van der Waals surface area (Å²) in [5, 5.41) is 3.73. The molecule has 0 amide bonds. The summed E-state index contributed by atoms with van der Waals surface area (Å²) in [5.74, 6) is 0.661. The molecule has 20 heavy (non-hydrogen) atoms. The first kappa shape index (κ1) is 15.8. The second kappa shape index (κ2) is 6.95. The summed E-state index contributed by atoms with van der Waals surface area (Å²) in [6, 6.07) is 7.95. The minimum atomic E-state index is 0.587. The molecule has 2 atom stereocenters. The Bertz CT molecular complexity index is 445. The van der Waals surface area contributed by atoms with Gasteiger partial charge in [0.05, 0.1) is 0 Å². The second-order valence-corrected chi connectivity index (χ2v) is 7.15. The Labute approximate surface area is 132 Å². The van der Waals surface area contributed by atoms with Gasteiger partial charge in [-0.1, -0.05) is 43.1 Å². The first-order chi connectivity index (χ1) is 9.52. The smallest absolute Gasteiger partial charge is 0.0438 e. The minimum absolute atomic E-state index is 0.587. The van der Waals surface area contributed by atoms with Crippen LogP contribution < -0.4 is 10.2 Å². The maximum Gasteiger partial charge on any atom is 0.0438 e. The van der Waals surface area contributed by atoms with E-state index < -0.39 is 0 Å². The van der Waals surface area contributed by atoms with Gasteiger partial charge >= 0.3 is 0 Å². The molecular formula is C17H27BrN2. The predicted octanol–water partition coefficient (Wildman–Crippen LogP) is 4.36. The van der Waals surface area contributed by atoms with E-state index in [2.05, 4.69) is 72.0 Å². The number of aryl methyl sites for hydroxylation is 1. The molecule has 1 N–H and O–H groups in total. The number of piperazine rings is 1. The maximum absolute atomic E-state index is 3.73. The first-order valence-electron chi connectivity index (χ1n) is 7.79. The average molecular weight is 339 g/mol. The van der Waals surface area contributed by atoms with E-state index in [1.54, 1.807) is 0 Å². The molecule has 2 rings (SSSR count). The molecule has 1 aliphatic rings. The molecular weight excluding hydrogens is 312 g/mol. The number of nitrogens with one attached hydrogen (secondary N) is 1. The van der Waals surface area contributed by atoms with E-state index in [1.807, 2.05) is 0 Å². The Morgan fingerprint density at radius 1 is 1.40 bits per heavy atom. The summed E-state index contributed by atoms with van der Waals surface area (Å²) in [6.07, 6.45) is 2.51. The lowest BCUT2D eigenvalue weighted by molar-refractivity contribution is 0.327. The van der Waals surface area contributed by atoms with E-state index in [0.717, 1.165) is 13.1 Å². The molecule has 0 aliphatic carbocycles. The molecule has 0 saturated carbocycles. The number of benzene rings is 1. The number of hydrogen-bond donors (Lipinski definition) is 1. The molecule has 1 aliphatic heterocycles. The van der Waals surface area contributed by atoms with Crippen LogP contribution in [0.2, 0.25) is 0 Å². The van der Waals surface area contributed by atoms with Crippen LogP contribution >= 0.6 is 15.9 Å². The Morgan fingerprint density at radius 2 is 2.15 bits per heavy atom. The van der Waals surface area contributed by atoms with Gasteiger partial charge in [0.15, 0.2) is 0 Å². The lowest BCUT2D eigenvalue weighted by Gasteiger charge is -2.44. The van der Waals surface area contributed by atoms with Crippen molar-refractivity contribution in [2.45, 2.75) is 52.6 Å². The fourth-order valence-electron chi connectivity index (χ4n) is 3.08. The molecule has 1 fully saturated rings. The highest BCUT2D eigenvalue weighted by atomic mass is 79.9. The van der Waals surface area contributed by atoms with E-state index >= 15 is 0 Å². The molecule has 1 heterocycles. The summed E-state index contributed by atoms with van der Waals surface area (Å²) >= 11 is 3.60. The third-order valence-corrected chi connectivity index (χ3v) is 5.20. The zero-order chi connectivity index (χ0) is 14.7. The van der Waals surface area contributed by atoms with Crippen molar-refractivity contribution in [3.05, 3.63) is 28.2 Å². The fraction of sp³-hybridized carbons (Fsp3) is 0.647. The summed E-state index contributed by atoms with van der Waals surface area (Å²) in [6.45, 7) is 11.3. The largest absolute Gasteiger partial charge is 0.365 e. The average Bonchev–Trinajstić information content (AvgIpc) is 2.42. The van der Waals surface area contributed by atoms with Crippen LogP contribution in [0.5, 0.6) is 0 Å². The number of halogens is 1. The summed E-state index contributed by atoms with van der Waals surface area (Å²) in [5.41, 5.74) is 2.68. The highest BCUT2D eigenvalue weighted by Gasteiger charge is 2.29. The van der Waals surface area contributed by atoms with Gasteiger partial charge in [-0.25, -0.2) is 0 Å². The third kappa shape index (κ3) is 3.56. The van der Waals surface area contributed by atoms with Crippen molar-refractivity contribution in [1.82, 2.24) is 5.32 Å². The number of rotatable bonds is 4. The van der Waals surface area contributed by atoms with Gasteiger partial charge in [0, 0.05) is 35.3 Å². The normalized spacial score (nSPS) is 23.4. The maximum atomic E-state index is 3.73. The van der Waals surface area contributed by atoms with Crippen molar-refractivity contribution >= 4 is 21.6 Å². The summed E-state index contributed by atoms with van der Waals surface area (Å²) in [4.78, 5) is 2.61. The number of nitrogens with zero attached hydrogens (tertiary/aromatic N) is 1. The summed E-state index contributed by atoms with van der Waals surface area (Å²) in [7, 11) is 0. The SMILES string of the molecule is CCCC1CN(c2ccc(Br)c(C)c2)C(C(C)C)CN1. The van der Waals surface area contributed by atoms with Gasteiger partial charge in [0.25, 0.3) is 0 Å². The van der Waals surface area contributed by atoms with Gasteiger partial charge in [-0.3, -0.25) is 0 Å². The Kier molecular flexibility index (Phi) is 5.50. The van der Waals surface area contributed by atoms with Crippen molar-refractivity contribution in [2.24, 2.45) is 5.92 Å². The fourth-order valence-corrected chi connectivity index (χ4v) is 3.32. The van der Waals surface area contributed by atoms with Crippen molar-refractivity contribution in [1.29, 1.82) is 0 Å². The van der Waals surface area contributed by atoms with Crippen LogP contribution in [0.1, 0.15) is 39.2 Å². The zero-order valence-electron chi connectivity index (χ0n) is 13.1. The van der Waals surface area contributed by atoms with Crippen LogP contribution in [0.4, 0.5) is 5.69 Å². The minimum Gasteiger partial charge on any atom is -0.365 e. The van der Waals surface area contributed by atoms with Crippen molar-refractivity contribution in [3.63, 3.8) is 0 Å². The van der Waals surface area contributed by atoms with Crippen LogP contribution in [-0.4, -0.2) is 25.2 Å². The van der Waals surface area contributed by atoms with Gasteiger partial charge < -0.3 is 10.2 Å². The van der Waals surface area contributed by atoms with E-state index in [4.69, 9.17) is 0 Å². The molecule has 1 aromatic rings. The van der Waals surface area contributed by atoms with Crippen LogP contribution in [-0.2, 0) is 0 Å². The Balaban J connectivity index is 2.24. The molecule has 0 aromatic heterocycles. The highest BCUT2D eigenvalue weighted by molar-refractivity contribution is 9.10. The van der Waals surface area contributed by atoms with Crippen LogP contribution in [0.3, 0.4) is 0 Å². The van der Waals surface area contributed by atoms with Gasteiger partial charge in [-0.2, -0.15) is 0 Å². The van der Waals surface area contributed by atoms with E-state index in [9.17, 15) is 0 Å². The molecule has 0 spiro atoms. The molecule has 1 aromatic carbocycles. The molecule has 1 saturated heterocycles. The quantitative estimate of drug-likeness (QED) is 0.877. The van der Waals surface area contributed by atoms with E-state index in [1.165, 1.54) is 28.6 Å². The van der Waals surface area contributed by atoms with E-state index in [0.29, 0.717) is 18.0 Å². The molecule has 0 bridgehead atoms. The second-order valence-electron chi connectivity index (χ2n) is 6.29. The molecule has 2 nitrogen and oxygen atoms in total. The topological polar surface area (TPSA) is 15.3 Å². The van der Waals surface area contributed by atoms with Gasteiger partial charge in [0.1, 0.15) is 0 Å². The Hall–Kier alpha value is -0.540. The van der Waals surface area contributed by atoms with Crippen molar-refractivity contribution in [2.75, 3.05) is 18.0 Å². The molecule has 3 heteroatoms. The first-order valence-corrected chi connectivity index (χ1v) is 8.58. The monoisotopic (exact) mass is 338 g/mol. The van der Waals surface area contributed by atoms with Gasteiger partial charge in [-0.15, -0.1) is 0 Å². The molecule has 2 unspecified atom stereocenters. The van der Waals surface area contributed by atoms with E-state index in [-0.39, 0.29) is 0 Å². The summed E-state index contributed by atoms with van der Waals surface area (Å²) < 4.78 is 1.20. The standard InChI is InChI=1S/C17H27BrN2/c1-5-6-14-11-20(17(10-19-14)12(2)3)15-7-8-16(18)13(4)9-15/h7-9,12,14,17,19H,5-6,10-11H2,1-4H3. The molecule has 0 radical (unpaired) electrons. The third-order valence-electron chi connectivity index (χ3n) is 4.31. The zero-order valence-corrected chi connectivity index (χ0v) is 14.7. The van der Waals surface area contributed by atoms with Crippen LogP contribution in [0.25, 0.3) is 0 Å². The van der Waals surface area contributed by atoms with Crippen LogP contribution in [0, 0.1) is 12.8 Å². The predicted molar refractivity (Wildman–Crippen MR) is 91.5 cm³/mol. The highest BCUT2D eigenvalue weighted by Crippen LogP contribution is 2.28. The lowest BCUT2D eigenvalue weighted by Crippen LogP contribution is -2.58. The lowest BCUT2D eigenvalue weighted by atomic mass is 9.96. The number of anilines is 1. The van der Waals surface area contributed by atoms with Crippen molar-refractivity contribution in [3.8, 4) is 0 Å². The Morgan fingerprint density at radius 3 is 2.75 bits per heavy atom. The number of hydrogen-bond acceptors (Lipinski definition) is 2. The van der Waals surface area contributed by atoms with Gasteiger partial charge in [-0.05, 0) is 43.0 Å².